The molecule has 1 aromatic heterocycles. The zero-order chi connectivity index (χ0) is 29.0. The van der Waals surface area contributed by atoms with E-state index in [9.17, 15) is 9.90 Å². The van der Waals surface area contributed by atoms with Gasteiger partial charge in [-0.3, -0.25) is 4.79 Å². The molecular weight excluding hydrogens is 522 g/mol. The van der Waals surface area contributed by atoms with Crippen molar-refractivity contribution in [1.82, 2.24) is 15.3 Å². The third-order valence-electron chi connectivity index (χ3n) is 9.47. The van der Waals surface area contributed by atoms with E-state index in [2.05, 4.69) is 44.3 Å². The first-order valence-electron chi connectivity index (χ1n) is 15.1. The van der Waals surface area contributed by atoms with Crippen molar-refractivity contribution in [1.29, 1.82) is 0 Å². The number of aromatic nitrogens is 2. The Morgan fingerprint density at radius 2 is 1.71 bits per heavy atom. The van der Waals surface area contributed by atoms with Crippen LogP contribution in [-0.4, -0.2) is 39.2 Å². The number of ether oxygens (including phenoxy) is 1. The summed E-state index contributed by atoms with van der Waals surface area (Å²) in [6.45, 7) is 6.67. The molecule has 0 bridgehead atoms. The molecule has 7 rings (SSSR count). The van der Waals surface area contributed by atoms with Crippen LogP contribution in [0.15, 0.2) is 72.8 Å². The molecule has 0 radical (unpaired) electrons. The second-order valence-corrected chi connectivity index (χ2v) is 12.8. The number of fused-ring (bicyclic) bond motifs is 9. The number of aliphatic hydroxyl groups excluding tert-OH is 1. The van der Waals surface area contributed by atoms with E-state index in [1.54, 1.807) is 6.07 Å². The van der Waals surface area contributed by atoms with E-state index in [1.165, 1.54) is 12.0 Å². The average molecular weight is 560 g/mol. The summed E-state index contributed by atoms with van der Waals surface area (Å²) in [7, 11) is 0. The first-order valence-corrected chi connectivity index (χ1v) is 15.1. The van der Waals surface area contributed by atoms with E-state index >= 15 is 0 Å². The number of benzene rings is 4. The van der Waals surface area contributed by atoms with Gasteiger partial charge < -0.3 is 15.2 Å². The maximum atomic E-state index is 13.3. The molecule has 4 aromatic carbocycles. The summed E-state index contributed by atoms with van der Waals surface area (Å²) in [4.78, 5) is 23.7. The Bertz CT molecular complexity index is 1820. The van der Waals surface area contributed by atoms with Gasteiger partial charge in [0, 0.05) is 27.8 Å². The van der Waals surface area contributed by atoms with Crippen molar-refractivity contribution in [3.05, 3.63) is 89.5 Å². The van der Waals surface area contributed by atoms with Gasteiger partial charge in [-0.25, -0.2) is 9.97 Å². The van der Waals surface area contributed by atoms with Crippen molar-refractivity contribution >= 4 is 38.7 Å². The lowest BCUT2D eigenvalue weighted by atomic mass is 9.64. The van der Waals surface area contributed by atoms with Gasteiger partial charge in [-0.05, 0) is 68.7 Å². The van der Waals surface area contributed by atoms with E-state index in [0.717, 1.165) is 51.5 Å². The zero-order valence-electron chi connectivity index (χ0n) is 24.4. The second-order valence-electron chi connectivity index (χ2n) is 12.8. The van der Waals surface area contributed by atoms with Crippen LogP contribution >= 0.6 is 0 Å². The number of nitrogens with one attached hydrogen (secondary N) is 1. The number of hydrogen-bond acceptors (Lipinski definition) is 5. The summed E-state index contributed by atoms with van der Waals surface area (Å²) < 4.78 is 6.87. The highest BCUT2D eigenvalue weighted by Crippen LogP contribution is 2.56. The summed E-state index contributed by atoms with van der Waals surface area (Å²) in [5.74, 6) is 2.07. The third kappa shape index (κ3) is 4.58. The summed E-state index contributed by atoms with van der Waals surface area (Å²) in [5.41, 5.74) is 5.66. The van der Waals surface area contributed by atoms with E-state index < -0.39 is 0 Å². The van der Waals surface area contributed by atoms with E-state index in [4.69, 9.17) is 14.7 Å². The minimum Gasteiger partial charge on any atom is -0.487 e. The van der Waals surface area contributed by atoms with Gasteiger partial charge in [0.05, 0.1) is 34.7 Å². The average Bonchev–Trinajstić information content (AvgIpc) is 2.99. The Hall–Kier alpha value is -4.03. The van der Waals surface area contributed by atoms with E-state index in [0.29, 0.717) is 35.3 Å². The maximum Gasteiger partial charge on any atom is 0.251 e. The molecule has 2 N–H and O–H groups in total. The second kappa shape index (κ2) is 10.4. The molecule has 42 heavy (non-hydrogen) atoms. The van der Waals surface area contributed by atoms with Gasteiger partial charge in [-0.15, -0.1) is 0 Å². The van der Waals surface area contributed by atoms with Crippen LogP contribution in [0, 0.1) is 11.8 Å². The first-order chi connectivity index (χ1) is 20.3. The van der Waals surface area contributed by atoms with Crippen LogP contribution in [0.25, 0.3) is 32.8 Å². The summed E-state index contributed by atoms with van der Waals surface area (Å²) in [5, 5.41) is 15.1. The van der Waals surface area contributed by atoms with E-state index in [1.807, 2.05) is 48.5 Å². The highest BCUT2D eigenvalue weighted by Gasteiger charge is 2.47. The maximum absolute atomic E-state index is 13.3. The van der Waals surface area contributed by atoms with Crippen molar-refractivity contribution in [2.75, 3.05) is 6.61 Å². The predicted molar refractivity (Wildman–Crippen MR) is 167 cm³/mol. The van der Waals surface area contributed by atoms with Crippen LogP contribution in [0.5, 0.6) is 5.75 Å². The Morgan fingerprint density at radius 3 is 2.50 bits per heavy atom. The number of carbonyl (C=O) groups is 1. The number of aliphatic hydroxyl groups is 1. The van der Waals surface area contributed by atoms with Crippen molar-refractivity contribution in [2.45, 2.75) is 64.0 Å². The number of carbonyl (C=O) groups excluding carboxylic acids is 1. The number of amides is 1. The van der Waals surface area contributed by atoms with Gasteiger partial charge in [0.15, 0.2) is 0 Å². The van der Waals surface area contributed by atoms with Gasteiger partial charge in [-0.1, -0.05) is 67.9 Å². The van der Waals surface area contributed by atoms with Crippen LogP contribution in [-0.2, 0) is 6.42 Å². The fourth-order valence-electron chi connectivity index (χ4n) is 7.36. The van der Waals surface area contributed by atoms with Gasteiger partial charge in [0.1, 0.15) is 11.4 Å². The van der Waals surface area contributed by atoms with Gasteiger partial charge in [0.2, 0.25) is 0 Å². The summed E-state index contributed by atoms with van der Waals surface area (Å²) >= 11 is 0. The summed E-state index contributed by atoms with van der Waals surface area (Å²) in [6.07, 6.45) is 4.00. The fourth-order valence-corrected chi connectivity index (χ4v) is 7.36. The fraction of sp³-hybridized carbons (Fsp3) is 0.361. The largest absolute Gasteiger partial charge is 0.487 e. The molecule has 0 unspecified atom stereocenters. The smallest absolute Gasteiger partial charge is 0.251 e. The van der Waals surface area contributed by atoms with Crippen molar-refractivity contribution in [2.24, 2.45) is 11.8 Å². The number of rotatable bonds is 5. The lowest BCUT2D eigenvalue weighted by Gasteiger charge is -2.49. The van der Waals surface area contributed by atoms with Crippen LogP contribution < -0.4 is 10.1 Å². The predicted octanol–water partition coefficient (Wildman–Crippen LogP) is 6.96. The standard InChI is InChI=1S/C36H37N3O3/c1-21-13-15-28-27(17-21)31-33-32(25-11-7-8-12-26(25)34(31)42-36(28,2)3)38-29-16-14-23(19-30(29)39-33)35(41)37-24(20-40)18-22-9-5-4-6-10-22/h4-12,14,16,19,21,24,27-28,40H,13,15,17-18,20H2,1-3H3,(H,37,41)/t21-,24-,27-,28-/m1/s1. The SMILES string of the molecule is C[C@@H]1CC[C@@H]2[C@@H](C1)c1c(c3ccccc3c3nc4ccc(C(=O)N[C@@H](CO)Cc5ccccc5)cc4nc13)OC2(C)C. The topological polar surface area (TPSA) is 84.3 Å². The molecule has 1 amide bonds. The Labute approximate surface area is 246 Å². The van der Waals surface area contributed by atoms with Crippen LogP contribution in [0.2, 0.25) is 0 Å². The Kier molecular flexibility index (Phi) is 6.62. The molecule has 214 valence electrons. The molecule has 6 heteroatoms. The molecule has 0 spiro atoms. The number of nitrogens with zero attached hydrogens (tertiary/aromatic N) is 2. The molecular formula is C36H37N3O3. The zero-order valence-corrected chi connectivity index (χ0v) is 24.4. The Balaban J connectivity index is 1.34. The van der Waals surface area contributed by atoms with Crippen molar-refractivity contribution in [3.63, 3.8) is 0 Å². The number of hydrogen-bond donors (Lipinski definition) is 2. The highest BCUT2D eigenvalue weighted by molar-refractivity contribution is 6.11. The minimum absolute atomic E-state index is 0.144. The molecule has 1 aliphatic heterocycles. The van der Waals surface area contributed by atoms with Crippen LogP contribution in [0.4, 0.5) is 0 Å². The molecule has 1 saturated carbocycles. The minimum atomic E-state index is -0.387. The van der Waals surface area contributed by atoms with Crippen molar-refractivity contribution < 1.29 is 14.6 Å². The molecule has 6 nitrogen and oxygen atoms in total. The molecule has 2 aliphatic rings. The molecule has 2 heterocycles. The van der Waals surface area contributed by atoms with Crippen LogP contribution in [0.3, 0.4) is 0 Å². The molecule has 5 aromatic rings. The summed E-state index contributed by atoms with van der Waals surface area (Å²) in [6, 6.07) is 23.3. The lowest BCUT2D eigenvalue weighted by molar-refractivity contribution is -0.0115. The van der Waals surface area contributed by atoms with Gasteiger partial charge >= 0.3 is 0 Å². The molecule has 1 aliphatic carbocycles. The van der Waals surface area contributed by atoms with E-state index in [-0.39, 0.29) is 24.2 Å². The van der Waals surface area contributed by atoms with Gasteiger partial charge in [-0.2, -0.15) is 0 Å². The molecule has 0 saturated heterocycles. The van der Waals surface area contributed by atoms with Crippen molar-refractivity contribution in [3.8, 4) is 5.75 Å². The Morgan fingerprint density at radius 1 is 0.976 bits per heavy atom. The monoisotopic (exact) mass is 559 g/mol. The lowest BCUT2D eigenvalue weighted by Crippen LogP contribution is -2.46. The van der Waals surface area contributed by atoms with Crippen LogP contribution in [0.1, 0.15) is 67.4 Å². The third-order valence-corrected chi connectivity index (χ3v) is 9.47. The highest BCUT2D eigenvalue weighted by atomic mass is 16.5. The first kappa shape index (κ1) is 26.8. The quantitative estimate of drug-likeness (QED) is 0.180. The molecule has 1 fully saturated rings. The normalized spacial score (nSPS) is 21.9. The molecule has 4 atom stereocenters. The van der Waals surface area contributed by atoms with Gasteiger partial charge in [0.25, 0.3) is 5.91 Å².